The lowest BCUT2D eigenvalue weighted by Gasteiger charge is -2.13. The molecule has 1 aliphatic carbocycles. The summed E-state index contributed by atoms with van der Waals surface area (Å²) in [4.78, 5) is 13.7. The van der Waals surface area contributed by atoms with E-state index in [9.17, 15) is 4.79 Å². The van der Waals surface area contributed by atoms with Crippen molar-refractivity contribution in [2.75, 3.05) is 5.75 Å². The normalized spacial score (nSPS) is 23.9. The summed E-state index contributed by atoms with van der Waals surface area (Å²) in [5.41, 5.74) is 1.28. The number of hydrogen-bond acceptors (Lipinski definition) is 2. The lowest BCUT2D eigenvalue weighted by atomic mass is 9.90. The molecule has 0 radical (unpaired) electrons. The van der Waals surface area contributed by atoms with Gasteiger partial charge >= 0.3 is 0 Å². The fraction of sp³-hybridized carbons (Fsp3) is 0.533. The average Bonchev–Trinajstić information content (AvgIpc) is 2.96. The molecule has 1 nitrogen and oxygen atoms in total. The summed E-state index contributed by atoms with van der Waals surface area (Å²) < 4.78 is 0. The highest BCUT2D eigenvalue weighted by Gasteiger charge is 2.30. The number of carbonyl (C=O) groups is 1. The Bertz CT molecular complexity index is 421. The van der Waals surface area contributed by atoms with E-state index in [1.165, 1.54) is 36.1 Å². The zero-order valence-electron chi connectivity index (χ0n) is 10.0. The second kappa shape index (κ2) is 4.85. The molecule has 0 spiro atoms. The minimum Gasteiger partial charge on any atom is -0.299 e. The molecule has 1 aliphatic heterocycles. The Morgan fingerprint density at radius 2 is 2.00 bits per heavy atom. The quantitative estimate of drug-likeness (QED) is 0.801. The largest absolute Gasteiger partial charge is 0.299 e. The van der Waals surface area contributed by atoms with Gasteiger partial charge in [-0.2, -0.15) is 0 Å². The third-order valence-corrected chi connectivity index (χ3v) is 5.24. The van der Waals surface area contributed by atoms with E-state index in [0.717, 1.165) is 12.2 Å². The third kappa shape index (κ3) is 2.28. The molecule has 0 amide bonds. The lowest BCUT2D eigenvalue weighted by molar-refractivity contribution is -0.120. The number of rotatable bonds is 3. The van der Waals surface area contributed by atoms with E-state index in [1.807, 2.05) is 11.8 Å². The highest BCUT2D eigenvalue weighted by atomic mass is 32.2. The number of ketones is 1. The summed E-state index contributed by atoms with van der Waals surface area (Å²) in [6.45, 7) is 0. The fourth-order valence-electron chi connectivity index (χ4n) is 3.07. The first-order valence-electron chi connectivity index (χ1n) is 6.59. The molecule has 3 rings (SSSR count). The molecule has 1 aromatic carbocycles. The third-order valence-electron chi connectivity index (χ3n) is 4.05. The molecule has 2 aliphatic rings. The molecule has 90 valence electrons. The van der Waals surface area contributed by atoms with E-state index in [1.54, 1.807) is 0 Å². The topological polar surface area (TPSA) is 17.1 Å². The van der Waals surface area contributed by atoms with Crippen LogP contribution in [0.3, 0.4) is 0 Å². The summed E-state index contributed by atoms with van der Waals surface area (Å²) in [6.07, 6.45) is 6.02. The van der Waals surface area contributed by atoms with Crippen molar-refractivity contribution in [3.63, 3.8) is 0 Å². The second-order valence-electron chi connectivity index (χ2n) is 5.22. The molecule has 2 heteroatoms. The highest BCUT2D eigenvalue weighted by Crippen LogP contribution is 2.41. The Labute approximate surface area is 107 Å². The van der Waals surface area contributed by atoms with E-state index in [2.05, 4.69) is 24.3 Å². The first kappa shape index (κ1) is 11.3. The molecule has 17 heavy (non-hydrogen) atoms. The number of thioether (sulfide) groups is 1. The van der Waals surface area contributed by atoms with Gasteiger partial charge < -0.3 is 0 Å². The Hall–Kier alpha value is -0.760. The van der Waals surface area contributed by atoms with Crippen molar-refractivity contribution in [3.05, 3.63) is 29.8 Å². The monoisotopic (exact) mass is 246 g/mol. The van der Waals surface area contributed by atoms with E-state index >= 15 is 0 Å². The molecule has 1 atom stereocenters. The minimum absolute atomic E-state index is 0.178. The molecule has 0 saturated heterocycles. The number of carbonyl (C=O) groups excluding carboxylic acids is 1. The molecule has 0 aromatic heterocycles. The van der Waals surface area contributed by atoms with Crippen LogP contribution in [0.25, 0.3) is 0 Å². The zero-order valence-corrected chi connectivity index (χ0v) is 10.8. The van der Waals surface area contributed by atoms with Gasteiger partial charge in [0.25, 0.3) is 0 Å². The molecular weight excluding hydrogens is 228 g/mol. The van der Waals surface area contributed by atoms with Crippen LogP contribution in [0.15, 0.2) is 29.2 Å². The van der Waals surface area contributed by atoms with Crippen molar-refractivity contribution in [1.82, 2.24) is 0 Å². The van der Waals surface area contributed by atoms with Gasteiger partial charge in [-0.1, -0.05) is 43.9 Å². The maximum absolute atomic E-state index is 12.4. The van der Waals surface area contributed by atoms with Gasteiger partial charge in [-0.15, -0.1) is 11.8 Å². The SMILES string of the molecule is O=C(CC1CCCC1)C1CSc2ccccc21. The molecule has 1 heterocycles. The molecule has 1 aromatic rings. The van der Waals surface area contributed by atoms with Crippen molar-refractivity contribution in [3.8, 4) is 0 Å². The predicted octanol–water partition coefficient (Wildman–Crippen LogP) is 4.03. The number of fused-ring (bicyclic) bond motifs is 1. The molecule has 1 fully saturated rings. The average molecular weight is 246 g/mol. The number of Topliss-reactive ketones (excluding diaryl/α,β-unsaturated/α-hetero) is 1. The molecule has 0 N–H and O–H groups in total. The van der Waals surface area contributed by atoms with Crippen LogP contribution in [0.1, 0.15) is 43.6 Å². The van der Waals surface area contributed by atoms with Crippen molar-refractivity contribution in [2.24, 2.45) is 5.92 Å². The maximum atomic E-state index is 12.4. The van der Waals surface area contributed by atoms with Gasteiger partial charge in [-0.05, 0) is 17.5 Å². The summed E-state index contributed by atoms with van der Waals surface area (Å²) in [5.74, 6) is 2.30. The van der Waals surface area contributed by atoms with Crippen LogP contribution in [0, 0.1) is 5.92 Å². The Morgan fingerprint density at radius 3 is 2.82 bits per heavy atom. The standard InChI is InChI=1S/C15H18OS/c16-14(9-11-5-1-2-6-11)13-10-17-15-8-4-3-7-12(13)15/h3-4,7-8,11,13H,1-2,5-6,9-10H2. The highest BCUT2D eigenvalue weighted by molar-refractivity contribution is 7.99. The van der Waals surface area contributed by atoms with Crippen LogP contribution in [0.2, 0.25) is 0 Å². The van der Waals surface area contributed by atoms with Gasteiger partial charge in [0.1, 0.15) is 5.78 Å². The van der Waals surface area contributed by atoms with Crippen LogP contribution in [0.5, 0.6) is 0 Å². The van der Waals surface area contributed by atoms with Gasteiger partial charge in [0, 0.05) is 17.1 Å². The van der Waals surface area contributed by atoms with E-state index in [0.29, 0.717) is 11.7 Å². The molecule has 1 unspecified atom stereocenters. The van der Waals surface area contributed by atoms with Crippen molar-refractivity contribution < 1.29 is 4.79 Å². The Morgan fingerprint density at radius 1 is 1.24 bits per heavy atom. The fourth-order valence-corrected chi connectivity index (χ4v) is 4.33. The van der Waals surface area contributed by atoms with Crippen molar-refractivity contribution in [1.29, 1.82) is 0 Å². The van der Waals surface area contributed by atoms with Gasteiger partial charge in [0.05, 0.1) is 5.92 Å². The van der Waals surface area contributed by atoms with E-state index in [4.69, 9.17) is 0 Å². The van der Waals surface area contributed by atoms with Crippen LogP contribution < -0.4 is 0 Å². The van der Waals surface area contributed by atoms with Crippen molar-refractivity contribution >= 4 is 17.5 Å². The van der Waals surface area contributed by atoms with Gasteiger partial charge in [0.15, 0.2) is 0 Å². The lowest BCUT2D eigenvalue weighted by Crippen LogP contribution is -2.15. The Balaban J connectivity index is 1.71. The molecular formula is C15H18OS. The first-order chi connectivity index (χ1) is 8.34. The molecule has 1 saturated carbocycles. The Kier molecular flexibility index (Phi) is 3.24. The number of hydrogen-bond donors (Lipinski definition) is 0. The minimum atomic E-state index is 0.178. The van der Waals surface area contributed by atoms with Gasteiger partial charge in [-0.3, -0.25) is 4.79 Å². The smallest absolute Gasteiger partial charge is 0.141 e. The van der Waals surface area contributed by atoms with E-state index in [-0.39, 0.29) is 5.92 Å². The van der Waals surface area contributed by atoms with Crippen LogP contribution >= 0.6 is 11.8 Å². The first-order valence-corrected chi connectivity index (χ1v) is 7.57. The van der Waals surface area contributed by atoms with Gasteiger partial charge in [-0.25, -0.2) is 0 Å². The summed E-state index contributed by atoms with van der Waals surface area (Å²) in [6, 6.07) is 8.39. The van der Waals surface area contributed by atoms with Crippen LogP contribution in [-0.2, 0) is 4.79 Å². The second-order valence-corrected chi connectivity index (χ2v) is 6.28. The van der Waals surface area contributed by atoms with Crippen LogP contribution in [0.4, 0.5) is 0 Å². The summed E-state index contributed by atoms with van der Waals surface area (Å²) in [5, 5.41) is 0. The summed E-state index contributed by atoms with van der Waals surface area (Å²) in [7, 11) is 0. The van der Waals surface area contributed by atoms with Crippen molar-refractivity contribution in [2.45, 2.75) is 42.9 Å². The molecule has 0 bridgehead atoms. The van der Waals surface area contributed by atoms with Gasteiger partial charge in [0.2, 0.25) is 0 Å². The van der Waals surface area contributed by atoms with E-state index < -0.39 is 0 Å². The van der Waals surface area contributed by atoms with Crippen LogP contribution in [-0.4, -0.2) is 11.5 Å². The predicted molar refractivity (Wildman–Crippen MR) is 71.5 cm³/mol. The number of benzene rings is 1. The maximum Gasteiger partial charge on any atom is 0.141 e. The summed E-state index contributed by atoms with van der Waals surface area (Å²) >= 11 is 1.84. The zero-order chi connectivity index (χ0) is 11.7.